The number of hydrogen-bond donors (Lipinski definition) is 2. The van der Waals surface area contributed by atoms with Gasteiger partial charge in [-0.05, 0) is 69.1 Å². The first kappa shape index (κ1) is 11.7. The normalized spacial score (nSPS) is 60.8. The summed E-state index contributed by atoms with van der Waals surface area (Å²) in [7, 11) is 0. The van der Waals surface area contributed by atoms with Gasteiger partial charge < -0.3 is 14.9 Å². The molecule has 0 spiro atoms. The molecule has 0 aromatic heterocycles. The molecule has 5 saturated carbocycles. The standard InChI is InChI=1S/C15H24O3/c1-15(2,3)18-14-10-6-4-8(16)9(17)5-7(10)12-11(6)13(12)14/h6-14,16-17H,4-5H2,1-3H3/t6-,7+,8+,9-,10?,11+,12-,13?,14?. The van der Waals surface area contributed by atoms with Gasteiger partial charge in [-0.25, -0.2) is 0 Å². The van der Waals surface area contributed by atoms with Crippen LogP contribution in [-0.2, 0) is 4.74 Å². The van der Waals surface area contributed by atoms with Crippen molar-refractivity contribution >= 4 is 0 Å². The molecule has 3 nitrogen and oxygen atoms in total. The summed E-state index contributed by atoms with van der Waals surface area (Å²) in [5.41, 5.74) is -0.0737. The van der Waals surface area contributed by atoms with Gasteiger partial charge >= 0.3 is 0 Å². The van der Waals surface area contributed by atoms with Crippen LogP contribution in [0.1, 0.15) is 33.6 Å². The van der Waals surface area contributed by atoms with Gasteiger partial charge in [0.1, 0.15) is 0 Å². The summed E-state index contributed by atoms with van der Waals surface area (Å²) in [5, 5.41) is 20.0. The molecule has 0 amide bonds. The maximum atomic E-state index is 9.98. The fourth-order valence-corrected chi connectivity index (χ4v) is 5.61. The highest BCUT2D eigenvalue weighted by Crippen LogP contribution is 2.79. The van der Waals surface area contributed by atoms with E-state index in [1.165, 1.54) is 0 Å². The van der Waals surface area contributed by atoms with Gasteiger partial charge in [0, 0.05) is 0 Å². The smallest absolute Gasteiger partial charge is 0.0802 e. The van der Waals surface area contributed by atoms with Gasteiger partial charge in [-0.1, -0.05) is 0 Å². The summed E-state index contributed by atoms with van der Waals surface area (Å²) in [6.07, 6.45) is 0.984. The van der Waals surface area contributed by atoms with Gasteiger partial charge in [0.25, 0.3) is 0 Å². The second-order valence-corrected chi connectivity index (χ2v) is 7.94. The number of hydrogen-bond acceptors (Lipinski definition) is 3. The number of aliphatic hydroxyl groups is 2. The molecule has 0 radical (unpaired) electrons. The highest BCUT2D eigenvalue weighted by molar-refractivity contribution is 5.26. The third-order valence-corrected chi connectivity index (χ3v) is 5.89. The average molecular weight is 252 g/mol. The van der Waals surface area contributed by atoms with E-state index in [1.54, 1.807) is 0 Å². The topological polar surface area (TPSA) is 49.7 Å². The van der Waals surface area contributed by atoms with Crippen LogP contribution in [-0.4, -0.2) is 34.1 Å². The van der Waals surface area contributed by atoms with Crippen LogP contribution in [0, 0.1) is 35.5 Å². The zero-order valence-corrected chi connectivity index (χ0v) is 11.4. The maximum absolute atomic E-state index is 9.98. The van der Waals surface area contributed by atoms with Crippen LogP contribution in [0.3, 0.4) is 0 Å². The van der Waals surface area contributed by atoms with Crippen LogP contribution in [0.4, 0.5) is 0 Å². The van der Waals surface area contributed by atoms with Crippen LogP contribution in [0.15, 0.2) is 0 Å². The van der Waals surface area contributed by atoms with Gasteiger partial charge in [0.2, 0.25) is 0 Å². The molecule has 5 aliphatic carbocycles. The molecule has 0 saturated heterocycles. The first-order chi connectivity index (χ1) is 8.38. The SMILES string of the molecule is CC(C)(C)OC1C2[C@@H]3[C@H]2[C@H]2C[C@@H](O)[C@@H](O)C[C@@H]3C12. The van der Waals surface area contributed by atoms with Crippen molar-refractivity contribution in [1.29, 1.82) is 0 Å². The van der Waals surface area contributed by atoms with Crippen molar-refractivity contribution in [2.75, 3.05) is 0 Å². The Balaban J connectivity index is 1.61. The molecule has 9 atom stereocenters. The lowest BCUT2D eigenvalue weighted by molar-refractivity contribution is -0.0835. The fourth-order valence-electron chi connectivity index (χ4n) is 5.61. The molecule has 2 N–H and O–H groups in total. The minimum Gasteiger partial charge on any atom is -0.390 e. The van der Waals surface area contributed by atoms with Crippen LogP contribution in [0.25, 0.3) is 0 Å². The molecule has 3 unspecified atom stereocenters. The van der Waals surface area contributed by atoms with E-state index in [0.717, 1.165) is 30.6 Å². The molecule has 0 aromatic carbocycles. The van der Waals surface area contributed by atoms with E-state index in [1.807, 2.05) is 0 Å². The Morgan fingerprint density at radius 1 is 0.833 bits per heavy atom. The summed E-state index contributed by atoms with van der Waals surface area (Å²) < 4.78 is 6.31. The average Bonchev–Trinajstić information content (AvgIpc) is 2.71. The summed E-state index contributed by atoms with van der Waals surface area (Å²) in [6, 6.07) is 0. The molecular weight excluding hydrogens is 228 g/mol. The van der Waals surface area contributed by atoms with Crippen molar-refractivity contribution in [2.45, 2.75) is 57.5 Å². The lowest BCUT2D eigenvalue weighted by atomic mass is 9.89. The summed E-state index contributed by atoms with van der Waals surface area (Å²) in [5.74, 6) is 4.18. The molecule has 5 fully saturated rings. The van der Waals surface area contributed by atoms with Crippen molar-refractivity contribution in [3.05, 3.63) is 0 Å². The number of aliphatic hydroxyl groups excluding tert-OH is 2. The summed E-state index contributed by atoms with van der Waals surface area (Å²) in [4.78, 5) is 0. The zero-order chi connectivity index (χ0) is 12.8. The predicted molar refractivity (Wildman–Crippen MR) is 66.8 cm³/mol. The Kier molecular flexibility index (Phi) is 2.15. The molecule has 0 aromatic rings. The van der Waals surface area contributed by atoms with Gasteiger partial charge in [-0.15, -0.1) is 0 Å². The van der Waals surface area contributed by atoms with E-state index < -0.39 is 12.2 Å². The molecule has 102 valence electrons. The van der Waals surface area contributed by atoms with Crippen molar-refractivity contribution in [3.8, 4) is 0 Å². The molecular formula is C15H24O3. The van der Waals surface area contributed by atoms with E-state index in [9.17, 15) is 10.2 Å². The second-order valence-electron chi connectivity index (χ2n) is 7.94. The largest absolute Gasteiger partial charge is 0.390 e. The van der Waals surface area contributed by atoms with E-state index in [-0.39, 0.29) is 5.60 Å². The van der Waals surface area contributed by atoms with Crippen LogP contribution in [0.2, 0.25) is 0 Å². The van der Waals surface area contributed by atoms with Crippen molar-refractivity contribution in [2.24, 2.45) is 35.5 Å². The monoisotopic (exact) mass is 252 g/mol. The Labute approximate surface area is 109 Å². The Bertz CT molecular complexity index is 350. The Hall–Kier alpha value is -0.120. The highest BCUT2D eigenvalue weighted by atomic mass is 16.5. The first-order valence-electron chi connectivity index (χ1n) is 7.42. The number of rotatable bonds is 1. The predicted octanol–water partition coefficient (Wildman–Crippen LogP) is 1.42. The van der Waals surface area contributed by atoms with E-state index in [4.69, 9.17) is 4.74 Å². The molecule has 5 aliphatic rings. The van der Waals surface area contributed by atoms with Crippen LogP contribution >= 0.6 is 0 Å². The van der Waals surface area contributed by atoms with Gasteiger partial charge in [-0.3, -0.25) is 0 Å². The molecule has 6 bridgehead atoms. The molecule has 0 heterocycles. The van der Waals surface area contributed by atoms with Crippen molar-refractivity contribution in [3.63, 3.8) is 0 Å². The zero-order valence-electron chi connectivity index (χ0n) is 11.4. The van der Waals surface area contributed by atoms with Gasteiger partial charge in [0.05, 0.1) is 23.9 Å². The highest BCUT2D eigenvalue weighted by Gasteiger charge is 2.79. The molecule has 3 heteroatoms. The fraction of sp³-hybridized carbons (Fsp3) is 1.00. The van der Waals surface area contributed by atoms with Crippen molar-refractivity contribution in [1.82, 2.24) is 0 Å². The lowest BCUT2D eigenvalue weighted by Gasteiger charge is -2.30. The van der Waals surface area contributed by atoms with Crippen LogP contribution < -0.4 is 0 Å². The molecule has 0 aliphatic heterocycles. The third-order valence-electron chi connectivity index (χ3n) is 5.89. The van der Waals surface area contributed by atoms with Gasteiger partial charge in [-0.2, -0.15) is 0 Å². The maximum Gasteiger partial charge on any atom is 0.0802 e. The summed E-state index contributed by atoms with van der Waals surface area (Å²) >= 11 is 0. The third kappa shape index (κ3) is 1.36. The first-order valence-corrected chi connectivity index (χ1v) is 7.42. The van der Waals surface area contributed by atoms with Crippen molar-refractivity contribution < 1.29 is 14.9 Å². The van der Waals surface area contributed by atoms with Crippen LogP contribution in [0.5, 0.6) is 0 Å². The Morgan fingerprint density at radius 2 is 1.33 bits per heavy atom. The molecule has 18 heavy (non-hydrogen) atoms. The molecule has 5 rings (SSSR count). The van der Waals surface area contributed by atoms with E-state index >= 15 is 0 Å². The van der Waals surface area contributed by atoms with Gasteiger partial charge in [0.15, 0.2) is 0 Å². The van der Waals surface area contributed by atoms with E-state index in [2.05, 4.69) is 20.8 Å². The minimum atomic E-state index is -0.502. The Morgan fingerprint density at radius 3 is 1.78 bits per heavy atom. The summed E-state index contributed by atoms with van der Waals surface area (Å²) in [6.45, 7) is 6.40. The minimum absolute atomic E-state index is 0.0737. The van der Waals surface area contributed by atoms with E-state index in [0.29, 0.717) is 23.9 Å². The quantitative estimate of drug-likeness (QED) is 0.742. The number of ether oxygens (including phenoxy) is 1. The lowest BCUT2D eigenvalue weighted by Crippen LogP contribution is -2.32. The second kappa shape index (κ2) is 3.31.